The number of imidazole rings is 1. The Labute approximate surface area is 148 Å². The summed E-state index contributed by atoms with van der Waals surface area (Å²) in [6, 6.07) is 9.78. The highest BCUT2D eigenvalue weighted by atomic mass is 16.4. The van der Waals surface area contributed by atoms with Crippen LogP contribution in [0, 0.1) is 0 Å². The molecule has 2 aromatic heterocycles. The minimum absolute atomic E-state index is 0.0826. The number of aryl methyl sites for hydroxylation is 1. The molecule has 0 aliphatic heterocycles. The van der Waals surface area contributed by atoms with Gasteiger partial charge in [-0.3, -0.25) is 23.3 Å². The van der Waals surface area contributed by atoms with Crippen molar-refractivity contribution in [2.45, 2.75) is 13.0 Å². The molecule has 26 heavy (non-hydrogen) atoms. The molecule has 0 saturated carbocycles. The first-order valence-corrected chi connectivity index (χ1v) is 8.06. The number of fused-ring (bicyclic) bond motifs is 1. The number of aromatic nitrogens is 4. The Morgan fingerprint density at radius 2 is 1.85 bits per heavy atom. The van der Waals surface area contributed by atoms with Gasteiger partial charge in [0.2, 0.25) is 5.95 Å². The second kappa shape index (κ2) is 6.87. The lowest BCUT2D eigenvalue weighted by molar-refractivity contribution is -0.137. The minimum atomic E-state index is -1.11. The van der Waals surface area contributed by atoms with Gasteiger partial charge in [0.1, 0.15) is 6.54 Å². The van der Waals surface area contributed by atoms with E-state index in [4.69, 9.17) is 0 Å². The van der Waals surface area contributed by atoms with Crippen molar-refractivity contribution >= 4 is 23.1 Å². The van der Waals surface area contributed by atoms with E-state index in [0.717, 1.165) is 10.1 Å². The summed E-state index contributed by atoms with van der Waals surface area (Å²) < 4.78 is 3.47. The number of benzene rings is 1. The van der Waals surface area contributed by atoms with Gasteiger partial charge >= 0.3 is 11.7 Å². The van der Waals surface area contributed by atoms with Crippen LogP contribution in [-0.2, 0) is 31.9 Å². The number of nitrogens with one attached hydrogen (secondary N) is 1. The molecule has 9 nitrogen and oxygen atoms in total. The molecule has 0 atom stereocenters. The lowest BCUT2D eigenvalue weighted by atomic mass is 10.1. The maximum Gasteiger partial charge on any atom is 0.332 e. The fourth-order valence-corrected chi connectivity index (χ4v) is 2.83. The highest BCUT2D eigenvalue weighted by molar-refractivity contribution is 5.77. The van der Waals surface area contributed by atoms with E-state index in [-0.39, 0.29) is 17.1 Å². The lowest BCUT2D eigenvalue weighted by Gasteiger charge is -2.09. The molecule has 3 aromatic rings. The summed E-state index contributed by atoms with van der Waals surface area (Å²) in [6.07, 6.45) is 0.702. The van der Waals surface area contributed by atoms with Gasteiger partial charge in [-0.2, -0.15) is 4.98 Å². The van der Waals surface area contributed by atoms with Crippen molar-refractivity contribution in [1.82, 2.24) is 18.7 Å². The molecule has 0 saturated heterocycles. The van der Waals surface area contributed by atoms with E-state index in [2.05, 4.69) is 10.3 Å². The van der Waals surface area contributed by atoms with Crippen molar-refractivity contribution in [3.8, 4) is 0 Å². The maximum absolute atomic E-state index is 12.5. The monoisotopic (exact) mass is 357 g/mol. The minimum Gasteiger partial charge on any atom is -0.480 e. The summed E-state index contributed by atoms with van der Waals surface area (Å²) in [7, 11) is 2.85. The summed E-state index contributed by atoms with van der Waals surface area (Å²) in [5, 5.41) is 12.3. The summed E-state index contributed by atoms with van der Waals surface area (Å²) in [4.78, 5) is 40.1. The summed E-state index contributed by atoms with van der Waals surface area (Å²) in [5.74, 6) is -0.858. The largest absolute Gasteiger partial charge is 0.480 e. The number of carboxylic acid groups (broad SMARTS) is 1. The Hall–Kier alpha value is -3.36. The zero-order valence-corrected chi connectivity index (χ0v) is 14.5. The number of anilines is 1. The lowest BCUT2D eigenvalue weighted by Crippen LogP contribution is -2.37. The van der Waals surface area contributed by atoms with Crippen LogP contribution in [0.4, 0.5) is 5.95 Å². The van der Waals surface area contributed by atoms with Gasteiger partial charge in [0.25, 0.3) is 5.56 Å². The van der Waals surface area contributed by atoms with Crippen LogP contribution in [0.15, 0.2) is 39.9 Å². The van der Waals surface area contributed by atoms with E-state index in [1.165, 1.54) is 23.2 Å². The first kappa shape index (κ1) is 17.5. The van der Waals surface area contributed by atoms with Crippen LogP contribution in [-0.4, -0.2) is 36.3 Å². The normalized spacial score (nSPS) is 11.0. The van der Waals surface area contributed by atoms with Gasteiger partial charge in [0.05, 0.1) is 0 Å². The van der Waals surface area contributed by atoms with Gasteiger partial charge in [0, 0.05) is 20.6 Å². The highest BCUT2D eigenvalue weighted by Crippen LogP contribution is 2.15. The Morgan fingerprint density at radius 3 is 2.50 bits per heavy atom. The molecule has 1 aromatic carbocycles. The van der Waals surface area contributed by atoms with E-state index in [9.17, 15) is 19.5 Å². The first-order valence-electron chi connectivity index (χ1n) is 8.06. The standard InChI is InChI=1S/C17H19N5O4/c1-20-14-13(15(25)21(2)17(20)26)22(10-12(23)24)16(19-14)18-9-8-11-6-4-3-5-7-11/h3-7H,8-10H2,1-2H3,(H,18,19)(H,23,24). The fraction of sp³-hybridized carbons (Fsp3) is 0.294. The predicted octanol–water partition coefficient (Wildman–Crippen LogP) is 0.173. The third kappa shape index (κ3) is 3.10. The summed E-state index contributed by atoms with van der Waals surface area (Å²) in [5.41, 5.74) is 0.260. The molecule has 0 radical (unpaired) electrons. The molecule has 3 rings (SSSR count). The van der Waals surface area contributed by atoms with Crippen molar-refractivity contribution in [3.63, 3.8) is 0 Å². The molecule has 9 heteroatoms. The molecule has 2 N–H and O–H groups in total. The van der Waals surface area contributed by atoms with E-state index in [1.54, 1.807) is 0 Å². The van der Waals surface area contributed by atoms with Gasteiger partial charge in [-0.1, -0.05) is 30.3 Å². The van der Waals surface area contributed by atoms with Crippen LogP contribution in [0.3, 0.4) is 0 Å². The number of hydrogen-bond acceptors (Lipinski definition) is 5. The Kier molecular flexibility index (Phi) is 4.61. The maximum atomic E-state index is 12.5. The second-order valence-corrected chi connectivity index (χ2v) is 5.96. The highest BCUT2D eigenvalue weighted by Gasteiger charge is 2.20. The predicted molar refractivity (Wildman–Crippen MR) is 96.5 cm³/mol. The Bertz CT molecular complexity index is 1080. The molecule has 136 valence electrons. The molecule has 2 heterocycles. The molecule has 0 amide bonds. The fourth-order valence-electron chi connectivity index (χ4n) is 2.83. The van der Waals surface area contributed by atoms with Gasteiger partial charge in [-0.15, -0.1) is 0 Å². The van der Waals surface area contributed by atoms with Gasteiger partial charge < -0.3 is 10.4 Å². The Balaban J connectivity index is 2.02. The van der Waals surface area contributed by atoms with Gasteiger partial charge in [-0.05, 0) is 12.0 Å². The van der Waals surface area contributed by atoms with Crippen LogP contribution < -0.4 is 16.6 Å². The number of carbonyl (C=O) groups is 1. The van der Waals surface area contributed by atoms with Crippen molar-refractivity contribution in [3.05, 3.63) is 56.7 Å². The van der Waals surface area contributed by atoms with Crippen molar-refractivity contribution in [1.29, 1.82) is 0 Å². The Morgan fingerprint density at radius 1 is 1.15 bits per heavy atom. The number of aliphatic carboxylic acids is 1. The zero-order chi connectivity index (χ0) is 18.8. The van der Waals surface area contributed by atoms with Gasteiger partial charge in [-0.25, -0.2) is 4.79 Å². The average Bonchev–Trinajstić information content (AvgIpc) is 2.97. The van der Waals surface area contributed by atoms with Crippen LogP contribution in [0.25, 0.3) is 11.2 Å². The van der Waals surface area contributed by atoms with Crippen molar-refractivity contribution in [2.75, 3.05) is 11.9 Å². The average molecular weight is 357 g/mol. The van der Waals surface area contributed by atoms with E-state index < -0.39 is 23.8 Å². The van der Waals surface area contributed by atoms with Crippen LogP contribution in [0.1, 0.15) is 5.56 Å². The number of rotatable bonds is 6. The molecule has 0 aliphatic carbocycles. The number of carboxylic acids is 1. The first-order chi connectivity index (χ1) is 12.4. The van der Waals surface area contributed by atoms with E-state index in [0.29, 0.717) is 13.0 Å². The second-order valence-electron chi connectivity index (χ2n) is 5.96. The number of nitrogens with zero attached hydrogens (tertiary/aromatic N) is 4. The molecule has 0 unspecified atom stereocenters. The summed E-state index contributed by atoms with van der Waals surface area (Å²) in [6.45, 7) is 0.0683. The molecular formula is C17H19N5O4. The quantitative estimate of drug-likeness (QED) is 0.651. The number of hydrogen-bond donors (Lipinski definition) is 2. The molecular weight excluding hydrogens is 338 g/mol. The van der Waals surface area contributed by atoms with Gasteiger partial charge in [0.15, 0.2) is 11.2 Å². The smallest absolute Gasteiger partial charge is 0.332 e. The molecule has 0 fully saturated rings. The topological polar surface area (TPSA) is 111 Å². The van der Waals surface area contributed by atoms with Crippen LogP contribution >= 0.6 is 0 Å². The molecule has 0 aliphatic rings. The zero-order valence-electron chi connectivity index (χ0n) is 14.5. The summed E-state index contributed by atoms with van der Waals surface area (Å²) >= 11 is 0. The molecule has 0 spiro atoms. The van der Waals surface area contributed by atoms with Crippen molar-refractivity contribution in [2.24, 2.45) is 14.1 Å². The van der Waals surface area contributed by atoms with Crippen LogP contribution in [0.5, 0.6) is 0 Å². The third-order valence-electron chi connectivity index (χ3n) is 4.18. The van der Waals surface area contributed by atoms with Crippen molar-refractivity contribution < 1.29 is 9.90 Å². The third-order valence-corrected chi connectivity index (χ3v) is 4.18. The SMILES string of the molecule is Cn1c(=O)c2c(nc(NCCc3ccccc3)n2CC(=O)O)n(C)c1=O. The van der Waals surface area contributed by atoms with E-state index in [1.807, 2.05) is 30.3 Å². The van der Waals surface area contributed by atoms with Crippen LogP contribution in [0.2, 0.25) is 0 Å². The van der Waals surface area contributed by atoms with E-state index >= 15 is 0 Å². The molecule has 0 bridgehead atoms.